The third kappa shape index (κ3) is 26.6. The first-order valence-corrected chi connectivity index (χ1v) is 17.4. The summed E-state index contributed by atoms with van der Waals surface area (Å²) in [5.41, 5.74) is -1.55. The first-order valence-electron chi connectivity index (χ1n) is 16.2. The summed E-state index contributed by atoms with van der Waals surface area (Å²) in [5, 5.41) is 35.8. The zero-order valence-electron chi connectivity index (χ0n) is 27.1. The predicted molar refractivity (Wildman–Crippen MR) is 168 cm³/mol. The molecule has 0 aromatic carbocycles. The summed E-state index contributed by atoms with van der Waals surface area (Å²) in [4.78, 5) is 22.4. The zero-order valence-corrected chi connectivity index (χ0v) is 28.0. The van der Waals surface area contributed by atoms with E-state index in [-0.39, 0.29) is 16.7 Å². The van der Waals surface area contributed by atoms with Gasteiger partial charge in [0.1, 0.15) is 5.60 Å². The molecule has 0 aromatic heterocycles. The second-order valence-corrected chi connectivity index (χ2v) is 13.6. The molecule has 3 unspecified atom stereocenters. The molecular weight excluding hydrogens is 541 g/mol. The summed E-state index contributed by atoms with van der Waals surface area (Å²) < 4.78 is 10.9. The van der Waals surface area contributed by atoms with Crippen LogP contribution in [-0.2, 0) is 9.36 Å². The van der Waals surface area contributed by atoms with E-state index in [1.54, 1.807) is 21.0 Å². The molecule has 0 aromatic rings. The Balaban J connectivity index is 0. The number of Topliss-reactive ketones (excluding diaryl/α,β-unsaturated/α-hetero) is 1. The summed E-state index contributed by atoms with van der Waals surface area (Å²) in [5.74, 6) is -0.746. The Morgan fingerprint density at radius 2 is 1.27 bits per heavy atom. The number of ketones is 1. The molecule has 3 atom stereocenters. The van der Waals surface area contributed by atoms with Crippen LogP contribution >= 0.6 is 8.03 Å². The largest absolute Gasteiger partial charge is 0.591 e. The number of carbonyl (C=O) groups excluding carboxylic acids is 1. The molecule has 0 bridgehead atoms. The molecule has 0 radical (unpaired) electrons. The van der Waals surface area contributed by atoms with Crippen LogP contribution in [0.4, 0.5) is 0 Å². The van der Waals surface area contributed by atoms with Crippen LogP contribution in [0.1, 0.15) is 143 Å². The Labute approximate surface area is 252 Å². The van der Waals surface area contributed by atoms with Crippen molar-refractivity contribution in [3.8, 4) is 0 Å². The molecule has 41 heavy (non-hydrogen) atoms. The van der Waals surface area contributed by atoms with Gasteiger partial charge < -0.3 is 25.3 Å². The van der Waals surface area contributed by atoms with Crippen LogP contribution in [-0.4, -0.2) is 75.6 Å². The summed E-state index contributed by atoms with van der Waals surface area (Å²) in [6.45, 7) is 5.20. The molecule has 0 saturated heterocycles. The molecule has 0 aliphatic carbocycles. The Morgan fingerprint density at radius 1 is 0.854 bits per heavy atom. The smallest absolute Gasteiger partial charge is 0.372 e. The fraction of sp³-hybridized carbons (Fsp3) is 0.906. The van der Waals surface area contributed by atoms with Gasteiger partial charge in [0, 0.05) is 19.8 Å². The third-order valence-corrected chi connectivity index (χ3v) is 9.09. The van der Waals surface area contributed by atoms with Crippen LogP contribution in [0, 0.1) is 0 Å². The lowest BCUT2D eigenvalue weighted by Gasteiger charge is -2.30. The molecule has 0 spiro atoms. The minimum Gasteiger partial charge on any atom is -0.591 e. The lowest BCUT2D eigenvalue weighted by molar-refractivity contribution is -0.901. The Hall–Kier alpha value is -0.730. The fourth-order valence-electron chi connectivity index (χ4n) is 4.31. The molecule has 0 heterocycles. The quantitative estimate of drug-likeness (QED) is 0.0306. The number of hydrogen-bond donors (Lipinski definition) is 4. The molecule has 0 fully saturated rings. The van der Waals surface area contributed by atoms with Crippen molar-refractivity contribution in [2.75, 3.05) is 27.2 Å². The van der Waals surface area contributed by atoms with Gasteiger partial charge in [-0.15, -0.1) is 0 Å². The lowest BCUT2D eigenvalue weighted by Crippen LogP contribution is -2.48. The highest BCUT2D eigenvalue weighted by molar-refractivity contribution is 7.37. The van der Waals surface area contributed by atoms with Gasteiger partial charge in [0.05, 0.1) is 27.2 Å². The normalized spacial score (nSPS) is 14.6. The van der Waals surface area contributed by atoms with Crippen molar-refractivity contribution in [2.45, 2.75) is 160 Å². The van der Waals surface area contributed by atoms with E-state index in [9.17, 15) is 19.4 Å². The first-order chi connectivity index (χ1) is 19.3. The number of rotatable bonds is 26. The van der Waals surface area contributed by atoms with Gasteiger partial charge in [-0.25, -0.2) is 0 Å². The van der Waals surface area contributed by atoms with E-state index in [0.717, 1.165) is 19.3 Å². The van der Waals surface area contributed by atoms with Crippen molar-refractivity contribution in [1.29, 1.82) is 0 Å². The molecule has 0 saturated carbocycles. The maximum absolute atomic E-state index is 11.7. The molecule has 9 heteroatoms. The Morgan fingerprint density at radius 3 is 1.66 bits per heavy atom. The predicted octanol–water partition coefficient (Wildman–Crippen LogP) is 6.11. The zero-order chi connectivity index (χ0) is 31.6. The summed E-state index contributed by atoms with van der Waals surface area (Å²) in [6, 6.07) is 0. The van der Waals surface area contributed by atoms with Gasteiger partial charge in [0.25, 0.3) is 5.78 Å². The van der Waals surface area contributed by atoms with Gasteiger partial charge in [0.15, 0.2) is 12.1 Å². The second kappa shape index (κ2) is 26.9. The number of carbonyl (C=O) groups is 1. The van der Waals surface area contributed by atoms with Gasteiger partial charge in [0.2, 0.25) is 0 Å². The van der Waals surface area contributed by atoms with Crippen molar-refractivity contribution in [1.82, 2.24) is 0 Å². The number of aliphatic hydroxyl groups excluding tert-OH is 2. The van der Waals surface area contributed by atoms with Crippen LogP contribution in [0.25, 0.3) is 0 Å². The van der Waals surface area contributed by atoms with E-state index >= 15 is 0 Å². The molecule has 0 rings (SSSR count). The van der Waals surface area contributed by atoms with Crippen molar-refractivity contribution < 1.29 is 39.2 Å². The van der Waals surface area contributed by atoms with Crippen LogP contribution in [0.3, 0.4) is 0 Å². The highest BCUT2D eigenvalue weighted by Gasteiger charge is 2.33. The number of quaternary nitrogens is 1. The average molecular weight is 607 g/mol. The van der Waals surface area contributed by atoms with Gasteiger partial charge in [-0.05, 0) is 39.0 Å². The van der Waals surface area contributed by atoms with Gasteiger partial charge in [-0.3, -0.25) is 9.28 Å². The van der Waals surface area contributed by atoms with Crippen LogP contribution in [0.15, 0.2) is 12.2 Å². The standard InChI is InChI=1S/C25H48O3.C7H17NO4P/c1-3-4-5-6-7-8-9-10-11-12-13-14-15-16-17-18-19-20-21-22-24(27)25(2,28)23-26;1-6(13(11)12)8(2,3)5-4-7(9)10/h10-11,26,28H,3-9,12-23H2,1-2H3;6-7,9-10H,4-5H2,1-3H3/q;+1/b11-10-;. The molecule has 8 nitrogen and oxygen atoms in total. The van der Waals surface area contributed by atoms with E-state index in [1.807, 2.05) is 0 Å². The van der Waals surface area contributed by atoms with E-state index < -0.39 is 32.3 Å². The Bertz CT molecular complexity index is 668. The fourth-order valence-corrected chi connectivity index (χ4v) is 4.94. The molecular formula is C32H65NO7P+. The third-order valence-electron chi connectivity index (χ3n) is 7.85. The molecule has 0 amide bonds. The molecule has 4 N–H and O–H groups in total. The highest BCUT2D eigenvalue weighted by Crippen LogP contribution is 2.25. The number of hydrogen-bond acceptors (Lipinski definition) is 7. The maximum atomic E-state index is 11.7. The van der Waals surface area contributed by atoms with E-state index in [4.69, 9.17) is 15.3 Å². The number of aliphatic hydroxyl groups is 4. The van der Waals surface area contributed by atoms with Crippen LogP contribution in [0.2, 0.25) is 0 Å². The van der Waals surface area contributed by atoms with Gasteiger partial charge in [-0.1, -0.05) is 101 Å². The minimum atomic E-state index is -2.47. The number of unbranched alkanes of at least 4 members (excludes halogenated alkanes) is 15. The SMILES string of the molecule is CC([P+](=O)[O-])[N+](C)(C)CCC(O)O.CCCCCCCC/C=C\CCCCCCCCCCCC(=O)C(C)(O)CO. The molecule has 244 valence electrons. The topological polar surface area (TPSA) is 138 Å². The van der Waals surface area contributed by atoms with Crippen molar-refractivity contribution in [2.24, 2.45) is 0 Å². The van der Waals surface area contributed by atoms with Crippen LogP contribution in [0.5, 0.6) is 0 Å². The highest BCUT2D eigenvalue weighted by atomic mass is 31.1. The first kappa shape index (κ1) is 42.4. The van der Waals surface area contributed by atoms with Crippen molar-refractivity contribution in [3.05, 3.63) is 12.2 Å². The average Bonchev–Trinajstić information content (AvgIpc) is 2.92. The van der Waals surface area contributed by atoms with Crippen LogP contribution < -0.4 is 4.89 Å². The van der Waals surface area contributed by atoms with E-state index in [0.29, 0.717) is 13.0 Å². The lowest BCUT2D eigenvalue weighted by atomic mass is 9.96. The number of nitrogens with zero attached hydrogens (tertiary/aromatic N) is 1. The van der Waals surface area contributed by atoms with E-state index in [2.05, 4.69) is 19.1 Å². The van der Waals surface area contributed by atoms with Crippen molar-refractivity contribution in [3.63, 3.8) is 0 Å². The number of allylic oxidation sites excluding steroid dienone is 2. The molecule has 0 aliphatic rings. The maximum Gasteiger partial charge on any atom is 0.372 e. The monoisotopic (exact) mass is 606 g/mol. The Kier molecular flexibility index (Phi) is 27.8. The summed E-state index contributed by atoms with van der Waals surface area (Å²) in [6.07, 6.45) is 25.6. The van der Waals surface area contributed by atoms with Gasteiger partial charge >= 0.3 is 8.03 Å². The minimum absolute atomic E-state index is 0.181. The van der Waals surface area contributed by atoms with E-state index in [1.165, 1.54) is 96.8 Å². The van der Waals surface area contributed by atoms with Gasteiger partial charge in [-0.2, -0.15) is 0 Å². The summed E-state index contributed by atoms with van der Waals surface area (Å²) in [7, 11) is 1.02. The van der Waals surface area contributed by atoms with Crippen molar-refractivity contribution >= 4 is 13.8 Å². The summed E-state index contributed by atoms with van der Waals surface area (Å²) >= 11 is 0. The second-order valence-electron chi connectivity index (χ2n) is 12.3. The molecule has 0 aliphatic heterocycles.